The third kappa shape index (κ3) is 8.68. The second kappa shape index (κ2) is 14.0. The summed E-state index contributed by atoms with van der Waals surface area (Å²) in [6.07, 6.45) is 12.5. The number of aliphatic imine (C=N–C) groups is 2. The fourth-order valence-corrected chi connectivity index (χ4v) is 2.96. The average Bonchev–Trinajstić information content (AvgIpc) is 2.78. The van der Waals surface area contributed by atoms with Gasteiger partial charge < -0.3 is 10.2 Å². The summed E-state index contributed by atoms with van der Waals surface area (Å²) in [4.78, 5) is 23.9. The Bertz CT molecular complexity index is 964. The van der Waals surface area contributed by atoms with Crippen LogP contribution in [0.3, 0.4) is 0 Å². The summed E-state index contributed by atoms with van der Waals surface area (Å²) in [5.41, 5.74) is 4.11. The van der Waals surface area contributed by atoms with Gasteiger partial charge in [0.25, 0.3) is 5.91 Å². The first-order chi connectivity index (χ1) is 15.7. The van der Waals surface area contributed by atoms with E-state index in [0.717, 1.165) is 28.9 Å². The monoisotopic (exact) mass is 448 g/mol. The molecule has 1 atom stereocenters. The highest BCUT2D eigenvalue weighted by atomic mass is 16.2. The van der Waals surface area contributed by atoms with E-state index in [2.05, 4.69) is 78.9 Å². The highest BCUT2D eigenvalue weighted by molar-refractivity contribution is 6.06. The maximum absolute atomic E-state index is 12.7. The van der Waals surface area contributed by atoms with Crippen LogP contribution in [0.5, 0.6) is 0 Å². The molecular formula is C28H40N4O. The molecule has 0 saturated carbocycles. The fraction of sp³-hybridized carbons (Fsp3) is 0.393. The van der Waals surface area contributed by atoms with E-state index in [-0.39, 0.29) is 11.8 Å². The molecule has 1 aromatic rings. The quantitative estimate of drug-likeness (QED) is 0.238. The molecule has 0 spiro atoms. The number of nitrogens with zero attached hydrogens (tertiary/aromatic N) is 3. The maximum Gasteiger partial charge on any atom is 0.274 e. The minimum atomic E-state index is -0.277. The Morgan fingerprint density at radius 2 is 1.91 bits per heavy atom. The molecule has 0 aromatic heterocycles. The lowest BCUT2D eigenvalue weighted by atomic mass is 10.00. The minimum Gasteiger partial charge on any atom is -0.351 e. The number of nitrogens with one attached hydrogen (secondary N) is 1. The fourth-order valence-electron chi connectivity index (χ4n) is 2.96. The van der Waals surface area contributed by atoms with Crippen molar-refractivity contribution in [3.05, 3.63) is 66.0 Å². The number of hydrogen-bond acceptors (Lipinski definition) is 4. The smallest absolute Gasteiger partial charge is 0.274 e. The lowest BCUT2D eigenvalue weighted by molar-refractivity contribution is -0.116. The van der Waals surface area contributed by atoms with Crippen LogP contribution in [0.2, 0.25) is 0 Å². The molecule has 0 aliphatic carbocycles. The molecule has 1 unspecified atom stereocenters. The molecule has 0 aliphatic heterocycles. The molecule has 0 saturated heterocycles. The van der Waals surface area contributed by atoms with E-state index in [0.29, 0.717) is 17.5 Å². The molecule has 0 fully saturated rings. The van der Waals surface area contributed by atoms with E-state index in [9.17, 15) is 4.79 Å². The zero-order valence-electron chi connectivity index (χ0n) is 21.5. The minimum absolute atomic E-state index is 0.277. The van der Waals surface area contributed by atoms with Crippen LogP contribution in [0.25, 0.3) is 11.8 Å². The van der Waals surface area contributed by atoms with Gasteiger partial charge in [0.1, 0.15) is 11.5 Å². The maximum atomic E-state index is 12.7. The van der Waals surface area contributed by atoms with Crippen molar-refractivity contribution in [3.8, 4) is 0 Å². The molecule has 5 nitrogen and oxygen atoms in total. The lowest BCUT2D eigenvalue weighted by Gasteiger charge is -2.19. The van der Waals surface area contributed by atoms with Gasteiger partial charge >= 0.3 is 0 Å². The predicted octanol–water partition coefficient (Wildman–Crippen LogP) is 6.98. The molecule has 0 aliphatic rings. The Kier molecular flexibility index (Phi) is 11.8. The van der Waals surface area contributed by atoms with Gasteiger partial charge in [-0.05, 0) is 62.4 Å². The van der Waals surface area contributed by atoms with E-state index >= 15 is 0 Å². The van der Waals surface area contributed by atoms with E-state index in [1.807, 2.05) is 32.3 Å². The zero-order chi connectivity index (χ0) is 25.0. The van der Waals surface area contributed by atoms with Gasteiger partial charge in [-0.1, -0.05) is 70.7 Å². The molecule has 1 amide bonds. The predicted molar refractivity (Wildman–Crippen MR) is 145 cm³/mol. The van der Waals surface area contributed by atoms with Crippen LogP contribution in [0, 0.1) is 11.8 Å². The Hall–Kier alpha value is -3.21. The normalized spacial score (nSPS) is 14.3. The summed E-state index contributed by atoms with van der Waals surface area (Å²) in [6.45, 7) is 18.0. The van der Waals surface area contributed by atoms with Crippen molar-refractivity contribution in [1.82, 2.24) is 10.2 Å². The van der Waals surface area contributed by atoms with E-state index < -0.39 is 0 Å². The molecule has 1 rings (SSSR count). The largest absolute Gasteiger partial charge is 0.351 e. The second-order valence-corrected chi connectivity index (χ2v) is 8.26. The lowest BCUT2D eigenvalue weighted by Crippen LogP contribution is -2.29. The number of rotatable bonds is 10. The molecule has 1 aromatic carbocycles. The zero-order valence-corrected chi connectivity index (χ0v) is 21.5. The van der Waals surface area contributed by atoms with Gasteiger partial charge in [-0.15, -0.1) is 0 Å². The Morgan fingerprint density at radius 1 is 1.21 bits per heavy atom. The van der Waals surface area contributed by atoms with Gasteiger partial charge in [0.05, 0.1) is 5.69 Å². The van der Waals surface area contributed by atoms with Crippen molar-refractivity contribution in [2.24, 2.45) is 21.8 Å². The van der Waals surface area contributed by atoms with Gasteiger partial charge in [0.15, 0.2) is 0 Å². The summed E-state index contributed by atoms with van der Waals surface area (Å²) < 4.78 is 0. The summed E-state index contributed by atoms with van der Waals surface area (Å²) in [5.74, 6) is 0.960. The Morgan fingerprint density at radius 3 is 2.45 bits per heavy atom. The average molecular weight is 449 g/mol. The van der Waals surface area contributed by atoms with Gasteiger partial charge in [-0.25, -0.2) is 4.99 Å². The van der Waals surface area contributed by atoms with Crippen molar-refractivity contribution in [3.63, 3.8) is 0 Å². The first-order valence-corrected chi connectivity index (χ1v) is 11.6. The van der Waals surface area contributed by atoms with E-state index in [1.54, 1.807) is 26.0 Å². The number of amides is 1. The molecule has 5 heteroatoms. The van der Waals surface area contributed by atoms with Gasteiger partial charge in [-0.2, -0.15) is 0 Å². The highest BCUT2D eigenvalue weighted by Gasteiger charge is 2.11. The SMILES string of the molecule is C=Cc1ccc(/C(=C/C)N(C)/C=C/CC)cc1N=C(C)NC(=O)/C(=C/C)N=CC(C)C(C)C. The van der Waals surface area contributed by atoms with Gasteiger partial charge in [0.2, 0.25) is 0 Å². The van der Waals surface area contributed by atoms with Crippen LogP contribution in [-0.2, 0) is 4.79 Å². The Balaban J connectivity index is 3.18. The van der Waals surface area contributed by atoms with Crippen LogP contribution in [-0.4, -0.2) is 29.9 Å². The van der Waals surface area contributed by atoms with Crippen LogP contribution in [0.4, 0.5) is 5.69 Å². The summed E-state index contributed by atoms with van der Waals surface area (Å²) in [5, 5.41) is 2.86. The van der Waals surface area contributed by atoms with Crippen LogP contribution in [0.1, 0.15) is 66.0 Å². The van der Waals surface area contributed by atoms with Gasteiger partial charge in [-0.3, -0.25) is 9.79 Å². The van der Waals surface area contributed by atoms with Crippen molar-refractivity contribution in [2.45, 2.75) is 54.9 Å². The van der Waals surface area contributed by atoms with E-state index in [4.69, 9.17) is 0 Å². The second-order valence-electron chi connectivity index (χ2n) is 8.26. The Labute approximate surface area is 200 Å². The third-order valence-corrected chi connectivity index (χ3v) is 5.35. The van der Waals surface area contributed by atoms with Crippen molar-refractivity contribution < 1.29 is 4.79 Å². The number of carbonyl (C=O) groups excluding carboxylic acids is 1. The van der Waals surface area contributed by atoms with Crippen LogP contribution < -0.4 is 5.32 Å². The van der Waals surface area contributed by atoms with Crippen LogP contribution >= 0.6 is 0 Å². The standard InChI is InChI=1S/C28H40N4O/c1-10-14-17-32(9)27(13-4)24-16-15-23(11-2)26(18-24)30-22(8)31-28(33)25(12-3)29-19-21(7)20(5)6/h11-21H,2,10H2,1,3-9H3,(H,30,31,33)/b17-14+,25-12-,27-13-,29-19?. The number of allylic oxidation sites excluding steroid dienone is 3. The van der Waals surface area contributed by atoms with Crippen molar-refractivity contribution in [2.75, 3.05) is 7.05 Å². The molecule has 1 N–H and O–H groups in total. The first kappa shape index (κ1) is 27.8. The van der Waals surface area contributed by atoms with Crippen molar-refractivity contribution >= 4 is 35.4 Å². The molecule has 33 heavy (non-hydrogen) atoms. The number of carbonyl (C=O) groups is 1. The van der Waals surface area contributed by atoms with Crippen molar-refractivity contribution in [1.29, 1.82) is 0 Å². The third-order valence-electron chi connectivity index (χ3n) is 5.35. The molecule has 0 bridgehead atoms. The number of hydrogen-bond donors (Lipinski definition) is 1. The summed E-state index contributed by atoms with van der Waals surface area (Å²) in [6, 6.07) is 6.06. The molecular weight excluding hydrogens is 408 g/mol. The van der Waals surface area contributed by atoms with E-state index in [1.165, 1.54) is 0 Å². The summed E-state index contributed by atoms with van der Waals surface area (Å²) >= 11 is 0. The highest BCUT2D eigenvalue weighted by Crippen LogP contribution is 2.27. The summed E-state index contributed by atoms with van der Waals surface area (Å²) in [7, 11) is 2.02. The molecule has 178 valence electrons. The number of benzene rings is 1. The topological polar surface area (TPSA) is 57.1 Å². The van der Waals surface area contributed by atoms with Gasteiger partial charge in [0, 0.05) is 19.0 Å². The molecule has 0 radical (unpaired) electrons. The first-order valence-electron chi connectivity index (χ1n) is 11.6. The molecule has 0 heterocycles. The van der Waals surface area contributed by atoms with Crippen LogP contribution in [0.15, 0.2) is 64.9 Å². The number of amidine groups is 1.